The molecule has 0 radical (unpaired) electrons. The van der Waals surface area contributed by atoms with Crippen molar-refractivity contribution >= 4 is 29.3 Å². The van der Waals surface area contributed by atoms with Gasteiger partial charge in [-0.2, -0.15) is 0 Å². The van der Waals surface area contributed by atoms with Crippen molar-refractivity contribution in [2.75, 3.05) is 29.1 Å². The lowest BCUT2D eigenvalue weighted by atomic mass is 10.1. The molecule has 0 spiro atoms. The van der Waals surface area contributed by atoms with E-state index in [4.69, 9.17) is 0 Å². The third kappa shape index (κ3) is 4.93. The Balaban J connectivity index is 1.54. The van der Waals surface area contributed by atoms with Gasteiger partial charge in [-0.3, -0.25) is 9.36 Å². The lowest BCUT2D eigenvalue weighted by Gasteiger charge is -2.27. The van der Waals surface area contributed by atoms with E-state index in [1.165, 1.54) is 36.6 Å². The van der Waals surface area contributed by atoms with E-state index in [9.17, 15) is 4.79 Å². The highest BCUT2D eigenvalue weighted by molar-refractivity contribution is 7.99. The summed E-state index contributed by atoms with van der Waals surface area (Å²) >= 11 is 1.42. The van der Waals surface area contributed by atoms with Crippen molar-refractivity contribution in [3.8, 4) is 5.69 Å². The number of aryl methyl sites for hydroxylation is 2. The van der Waals surface area contributed by atoms with Gasteiger partial charge >= 0.3 is 0 Å². The highest BCUT2D eigenvalue weighted by Crippen LogP contribution is 2.29. The van der Waals surface area contributed by atoms with Crippen LogP contribution in [0.25, 0.3) is 5.69 Å². The van der Waals surface area contributed by atoms with E-state index >= 15 is 0 Å². The number of piperidine rings is 1. The van der Waals surface area contributed by atoms with Crippen molar-refractivity contribution in [1.82, 2.24) is 14.8 Å². The van der Waals surface area contributed by atoms with Crippen LogP contribution in [0.4, 0.5) is 11.6 Å². The van der Waals surface area contributed by atoms with Gasteiger partial charge in [0, 0.05) is 18.8 Å². The Morgan fingerprint density at radius 1 is 1.00 bits per heavy atom. The van der Waals surface area contributed by atoms with Gasteiger partial charge in [0.15, 0.2) is 5.16 Å². The topological polar surface area (TPSA) is 63.1 Å². The van der Waals surface area contributed by atoms with Crippen LogP contribution in [-0.2, 0) is 4.79 Å². The third-order valence-corrected chi connectivity index (χ3v) is 6.69. The Morgan fingerprint density at radius 2 is 1.74 bits per heavy atom. The second kappa shape index (κ2) is 9.56. The maximum atomic E-state index is 12.7. The number of nitrogens with zero attached hydrogens (tertiary/aromatic N) is 4. The van der Waals surface area contributed by atoms with Crippen LogP contribution in [-0.4, -0.2) is 39.5 Å². The Bertz CT molecular complexity index is 1050. The van der Waals surface area contributed by atoms with E-state index in [-0.39, 0.29) is 11.7 Å². The van der Waals surface area contributed by atoms with Crippen LogP contribution in [0.1, 0.15) is 36.0 Å². The van der Waals surface area contributed by atoms with Gasteiger partial charge in [-0.05, 0) is 69.4 Å². The maximum Gasteiger partial charge on any atom is 0.234 e. The highest BCUT2D eigenvalue weighted by atomic mass is 32.2. The average Bonchev–Trinajstić information content (AvgIpc) is 3.21. The molecule has 0 saturated carbocycles. The fraction of sp³-hybridized carbons (Fsp3) is 0.375. The van der Waals surface area contributed by atoms with Crippen LogP contribution in [0, 0.1) is 20.8 Å². The fourth-order valence-corrected chi connectivity index (χ4v) is 4.52. The smallest absolute Gasteiger partial charge is 0.234 e. The standard InChI is InChI=1S/C24H29N5OS/c1-17-10-12-20(13-11-17)29-23(28-14-5-4-6-15-28)26-27-24(29)31-16-22(30)25-21-9-7-8-18(2)19(21)3/h7-13H,4-6,14-16H2,1-3H3,(H,25,30). The number of thioether (sulfide) groups is 1. The first kappa shape index (κ1) is 21.4. The molecule has 1 aliphatic rings. The van der Waals surface area contributed by atoms with Crippen molar-refractivity contribution in [1.29, 1.82) is 0 Å². The Morgan fingerprint density at radius 3 is 2.48 bits per heavy atom. The lowest BCUT2D eigenvalue weighted by molar-refractivity contribution is -0.113. The number of rotatable bonds is 6. The molecule has 4 rings (SSSR count). The maximum absolute atomic E-state index is 12.7. The molecule has 1 aromatic heterocycles. The number of hydrogen-bond donors (Lipinski definition) is 1. The van der Waals surface area contributed by atoms with Crippen molar-refractivity contribution in [2.45, 2.75) is 45.2 Å². The molecule has 162 valence electrons. The van der Waals surface area contributed by atoms with Gasteiger partial charge in [0.25, 0.3) is 0 Å². The first-order valence-electron chi connectivity index (χ1n) is 10.8. The summed E-state index contributed by atoms with van der Waals surface area (Å²) in [5.41, 5.74) is 5.35. The number of anilines is 2. The molecule has 3 aromatic rings. The van der Waals surface area contributed by atoms with Crippen LogP contribution in [0.2, 0.25) is 0 Å². The second-order valence-electron chi connectivity index (χ2n) is 8.09. The molecule has 1 N–H and O–H groups in total. The molecule has 1 saturated heterocycles. The second-order valence-corrected chi connectivity index (χ2v) is 9.03. The zero-order valence-corrected chi connectivity index (χ0v) is 19.2. The van der Waals surface area contributed by atoms with E-state index in [2.05, 4.69) is 56.2 Å². The zero-order chi connectivity index (χ0) is 21.8. The Hall–Kier alpha value is -2.80. The zero-order valence-electron chi connectivity index (χ0n) is 18.4. The molecule has 0 atom stereocenters. The van der Waals surface area contributed by atoms with Crippen LogP contribution in [0.15, 0.2) is 47.6 Å². The Labute approximate surface area is 188 Å². The molecule has 0 aliphatic carbocycles. The molecule has 2 aromatic carbocycles. The SMILES string of the molecule is Cc1ccc(-n2c(SCC(=O)Nc3cccc(C)c3C)nnc2N2CCCCC2)cc1. The van der Waals surface area contributed by atoms with Gasteiger partial charge in [0.05, 0.1) is 11.4 Å². The summed E-state index contributed by atoms with van der Waals surface area (Å²) in [6.07, 6.45) is 3.60. The number of nitrogens with one attached hydrogen (secondary N) is 1. The highest BCUT2D eigenvalue weighted by Gasteiger charge is 2.22. The number of benzene rings is 2. The average molecular weight is 436 g/mol. The summed E-state index contributed by atoms with van der Waals surface area (Å²) in [6, 6.07) is 14.3. The molecule has 7 heteroatoms. The van der Waals surface area contributed by atoms with Crippen molar-refractivity contribution in [3.05, 3.63) is 59.2 Å². The van der Waals surface area contributed by atoms with Crippen LogP contribution in [0.3, 0.4) is 0 Å². The lowest BCUT2D eigenvalue weighted by Crippen LogP contribution is -2.31. The minimum absolute atomic E-state index is 0.0447. The normalized spacial score (nSPS) is 14.0. The fourth-order valence-electron chi connectivity index (χ4n) is 3.78. The first-order valence-corrected chi connectivity index (χ1v) is 11.8. The van der Waals surface area contributed by atoms with Gasteiger partial charge in [0.2, 0.25) is 11.9 Å². The quantitative estimate of drug-likeness (QED) is 0.557. The third-order valence-electron chi connectivity index (χ3n) is 5.76. The number of amides is 1. The molecule has 1 fully saturated rings. The molecule has 1 amide bonds. The summed E-state index contributed by atoms with van der Waals surface area (Å²) in [4.78, 5) is 15.0. The number of aromatic nitrogens is 3. The van der Waals surface area contributed by atoms with Gasteiger partial charge in [0.1, 0.15) is 0 Å². The number of carbonyl (C=O) groups excluding carboxylic acids is 1. The van der Waals surface area contributed by atoms with E-state index in [0.29, 0.717) is 0 Å². The van der Waals surface area contributed by atoms with E-state index in [1.54, 1.807) is 0 Å². The molecule has 6 nitrogen and oxygen atoms in total. The minimum atomic E-state index is -0.0447. The monoisotopic (exact) mass is 435 g/mol. The van der Waals surface area contributed by atoms with Gasteiger partial charge in [-0.25, -0.2) is 0 Å². The van der Waals surface area contributed by atoms with Crippen molar-refractivity contribution in [2.24, 2.45) is 0 Å². The number of hydrogen-bond acceptors (Lipinski definition) is 5. The molecule has 0 bridgehead atoms. The molecule has 0 unspecified atom stereocenters. The Kier molecular flexibility index (Phi) is 6.61. The van der Waals surface area contributed by atoms with Gasteiger partial charge in [-0.1, -0.05) is 41.6 Å². The molecule has 2 heterocycles. The van der Waals surface area contributed by atoms with Crippen LogP contribution < -0.4 is 10.2 Å². The summed E-state index contributed by atoms with van der Waals surface area (Å²) < 4.78 is 2.08. The van der Waals surface area contributed by atoms with Crippen LogP contribution >= 0.6 is 11.8 Å². The molecular formula is C24H29N5OS. The summed E-state index contributed by atoms with van der Waals surface area (Å²) in [6.45, 7) is 8.13. The molecule has 31 heavy (non-hydrogen) atoms. The molecule has 1 aliphatic heterocycles. The van der Waals surface area contributed by atoms with Crippen molar-refractivity contribution in [3.63, 3.8) is 0 Å². The predicted octanol–water partition coefficient (Wildman–Crippen LogP) is 4.91. The van der Waals surface area contributed by atoms with Crippen LogP contribution in [0.5, 0.6) is 0 Å². The number of carbonyl (C=O) groups is 1. The van der Waals surface area contributed by atoms with E-state index in [1.807, 2.05) is 32.0 Å². The van der Waals surface area contributed by atoms with Crippen molar-refractivity contribution < 1.29 is 4.79 Å². The largest absolute Gasteiger partial charge is 0.341 e. The summed E-state index contributed by atoms with van der Waals surface area (Å²) in [7, 11) is 0. The van der Waals surface area contributed by atoms with E-state index in [0.717, 1.165) is 46.7 Å². The minimum Gasteiger partial charge on any atom is -0.341 e. The first-order chi connectivity index (χ1) is 15.0. The van der Waals surface area contributed by atoms with Gasteiger partial charge < -0.3 is 10.2 Å². The summed E-state index contributed by atoms with van der Waals surface area (Å²) in [5.74, 6) is 1.09. The van der Waals surface area contributed by atoms with E-state index < -0.39 is 0 Å². The van der Waals surface area contributed by atoms with Gasteiger partial charge in [-0.15, -0.1) is 10.2 Å². The predicted molar refractivity (Wildman–Crippen MR) is 127 cm³/mol. The summed E-state index contributed by atoms with van der Waals surface area (Å²) in [5, 5.41) is 12.7. The molecular weight excluding hydrogens is 406 g/mol.